The summed E-state index contributed by atoms with van der Waals surface area (Å²) in [6.45, 7) is 4.65. The molecule has 0 heterocycles. The van der Waals surface area contributed by atoms with Gasteiger partial charge in [-0.05, 0) is 25.8 Å². The maximum absolute atomic E-state index is 13.7. The molecule has 0 amide bonds. The molecule has 4 heteroatoms. The largest absolute Gasteiger partial charge is 0.307 e. The van der Waals surface area contributed by atoms with E-state index in [0.29, 0.717) is 18.0 Å². The lowest BCUT2D eigenvalue weighted by atomic mass is 9.95. The van der Waals surface area contributed by atoms with Gasteiger partial charge in [0, 0.05) is 23.5 Å². The molecule has 96 valence electrons. The van der Waals surface area contributed by atoms with Gasteiger partial charge in [-0.2, -0.15) is 0 Å². The zero-order valence-electron chi connectivity index (χ0n) is 10.2. The summed E-state index contributed by atoms with van der Waals surface area (Å²) in [6.07, 6.45) is 1.80. The van der Waals surface area contributed by atoms with Crippen LogP contribution in [0.5, 0.6) is 0 Å². The van der Waals surface area contributed by atoms with Crippen LogP contribution in [0.4, 0.5) is 4.39 Å². The van der Waals surface area contributed by atoms with Crippen molar-refractivity contribution in [1.29, 1.82) is 0 Å². The topological polar surface area (TPSA) is 12.0 Å². The van der Waals surface area contributed by atoms with Crippen LogP contribution in [0.25, 0.3) is 0 Å². The lowest BCUT2D eigenvalue weighted by molar-refractivity contribution is 0.329. The second kappa shape index (κ2) is 6.58. The first-order chi connectivity index (χ1) is 8.02. The fraction of sp³-hybridized carbons (Fsp3) is 0.538. The van der Waals surface area contributed by atoms with E-state index < -0.39 is 0 Å². The highest BCUT2D eigenvalue weighted by Crippen LogP contribution is 2.20. The molecular weight excluding hydrogens is 260 g/mol. The van der Waals surface area contributed by atoms with Crippen molar-refractivity contribution in [2.75, 3.05) is 5.88 Å². The first-order valence-corrected chi connectivity index (χ1v) is 6.67. The summed E-state index contributed by atoms with van der Waals surface area (Å²) in [5.74, 6) is 0.251. The number of halogens is 3. The van der Waals surface area contributed by atoms with Gasteiger partial charge >= 0.3 is 0 Å². The van der Waals surface area contributed by atoms with Gasteiger partial charge in [0.2, 0.25) is 0 Å². The van der Waals surface area contributed by atoms with Gasteiger partial charge < -0.3 is 5.32 Å². The van der Waals surface area contributed by atoms with Gasteiger partial charge in [-0.3, -0.25) is 0 Å². The number of benzene rings is 1. The van der Waals surface area contributed by atoms with Crippen molar-refractivity contribution in [2.24, 2.45) is 0 Å². The van der Waals surface area contributed by atoms with Crippen LogP contribution in [-0.4, -0.2) is 11.4 Å². The molecule has 0 aliphatic carbocycles. The summed E-state index contributed by atoms with van der Waals surface area (Å²) in [6, 6.07) is 5.05. The van der Waals surface area contributed by atoms with Crippen LogP contribution < -0.4 is 5.32 Å². The van der Waals surface area contributed by atoms with Crippen molar-refractivity contribution < 1.29 is 4.39 Å². The predicted octanol–water partition coefficient (Wildman–Crippen LogP) is 4.37. The SMILES string of the molecule is CCC(C)(CCCl)NCc1cccc(Cl)c1F. The van der Waals surface area contributed by atoms with E-state index >= 15 is 0 Å². The fourth-order valence-corrected chi connectivity index (χ4v) is 2.20. The Labute approximate surface area is 112 Å². The summed E-state index contributed by atoms with van der Waals surface area (Å²) < 4.78 is 13.7. The first kappa shape index (κ1) is 14.7. The fourth-order valence-electron chi connectivity index (χ4n) is 1.59. The number of nitrogens with one attached hydrogen (secondary N) is 1. The van der Waals surface area contributed by atoms with E-state index in [4.69, 9.17) is 23.2 Å². The van der Waals surface area contributed by atoms with Gasteiger partial charge in [0.1, 0.15) is 5.82 Å². The van der Waals surface area contributed by atoms with Gasteiger partial charge in [0.15, 0.2) is 0 Å². The molecule has 17 heavy (non-hydrogen) atoms. The Morgan fingerprint density at radius 1 is 1.41 bits per heavy atom. The molecule has 1 aromatic rings. The number of hydrogen-bond donors (Lipinski definition) is 1. The van der Waals surface area contributed by atoms with E-state index in [1.165, 1.54) is 0 Å². The number of alkyl halides is 1. The Morgan fingerprint density at radius 3 is 2.71 bits per heavy atom. The minimum Gasteiger partial charge on any atom is -0.307 e. The molecule has 0 fully saturated rings. The molecule has 0 spiro atoms. The van der Waals surface area contributed by atoms with Crippen LogP contribution in [0, 0.1) is 5.82 Å². The molecule has 0 saturated carbocycles. The normalized spacial score (nSPS) is 14.6. The van der Waals surface area contributed by atoms with E-state index in [2.05, 4.69) is 19.2 Å². The molecule has 0 aromatic heterocycles. The predicted molar refractivity (Wildman–Crippen MR) is 72.3 cm³/mol. The molecule has 0 saturated heterocycles. The third-order valence-electron chi connectivity index (χ3n) is 3.16. The smallest absolute Gasteiger partial charge is 0.146 e. The van der Waals surface area contributed by atoms with Crippen LogP contribution in [0.2, 0.25) is 5.02 Å². The molecule has 1 aromatic carbocycles. The average molecular weight is 278 g/mol. The molecule has 1 unspecified atom stereocenters. The van der Waals surface area contributed by atoms with Gasteiger partial charge in [0.05, 0.1) is 5.02 Å². The van der Waals surface area contributed by atoms with Crippen molar-refractivity contribution in [3.8, 4) is 0 Å². The van der Waals surface area contributed by atoms with E-state index in [9.17, 15) is 4.39 Å². The minimum absolute atomic E-state index is 0.0590. The summed E-state index contributed by atoms with van der Waals surface area (Å²) in [4.78, 5) is 0. The zero-order chi connectivity index (χ0) is 12.9. The van der Waals surface area contributed by atoms with Crippen molar-refractivity contribution >= 4 is 23.2 Å². The van der Waals surface area contributed by atoms with Crippen molar-refractivity contribution in [1.82, 2.24) is 5.32 Å². The van der Waals surface area contributed by atoms with Crippen LogP contribution in [0.15, 0.2) is 18.2 Å². The van der Waals surface area contributed by atoms with Gasteiger partial charge in [-0.1, -0.05) is 30.7 Å². The summed E-state index contributed by atoms with van der Waals surface area (Å²) in [5.41, 5.74) is 0.531. The maximum Gasteiger partial charge on any atom is 0.146 e. The second-order valence-corrected chi connectivity index (χ2v) is 5.20. The molecule has 1 nitrogen and oxygen atoms in total. The van der Waals surface area contributed by atoms with E-state index in [1.54, 1.807) is 18.2 Å². The molecule has 0 aliphatic heterocycles. The van der Waals surface area contributed by atoms with E-state index in [1.807, 2.05) is 0 Å². The van der Waals surface area contributed by atoms with Crippen LogP contribution in [-0.2, 0) is 6.54 Å². The zero-order valence-corrected chi connectivity index (χ0v) is 11.7. The highest BCUT2D eigenvalue weighted by molar-refractivity contribution is 6.30. The summed E-state index contributed by atoms with van der Waals surface area (Å²) >= 11 is 11.5. The number of hydrogen-bond acceptors (Lipinski definition) is 1. The monoisotopic (exact) mass is 277 g/mol. The Hall–Kier alpha value is -0.310. The summed E-state index contributed by atoms with van der Waals surface area (Å²) in [5, 5.41) is 3.51. The molecule has 0 bridgehead atoms. The van der Waals surface area contributed by atoms with Gasteiger partial charge in [-0.15, -0.1) is 11.6 Å². The van der Waals surface area contributed by atoms with E-state index in [-0.39, 0.29) is 16.4 Å². The highest BCUT2D eigenvalue weighted by atomic mass is 35.5. The van der Waals surface area contributed by atoms with Crippen molar-refractivity contribution in [2.45, 2.75) is 38.8 Å². The molecule has 0 aliphatic rings. The third-order valence-corrected chi connectivity index (χ3v) is 3.64. The lowest BCUT2D eigenvalue weighted by Crippen LogP contribution is -2.41. The van der Waals surface area contributed by atoms with Crippen molar-refractivity contribution in [3.63, 3.8) is 0 Å². The van der Waals surface area contributed by atoms with Crippen molar-refractivity contribution in [3.05, 3.63) is 34.6 Å². The maximum atomic E-state index is 13.7. The average Bonchev–Trinajstić information content (AvgIpc) is 2.31. The Kier molecular flexibility index (Phi) is 5.71. The number of rotatable bonds is 6. The molecule has 1 N–H and O–H groups in total. The Balaban J connectivity index is 2.69. The highest BCUT2D eigenvalue weighted by Gasteiger charge is 2.20. The molecule has 0 radical (unpaired) electrons. The third kappa shape index (κ3) is 4.13. The Morgan fingerprint density at radius 2 is 2.12 bits per heavy atom. The van der Waals surface area contributed by atoms with Crippen LogP contribution in [0.3, 0.4) is 0 Å². The molecular formula is C13H18Cl2FN. The van der Waals surface area contributed by atoms with Gasteiger partial charge in [-0.25, -0.2) is 4.39 Å². The quantitative estimate of drug-likeness (QED) is 0.762. The van der Waals surface area contributed by atoms with Crippen LogP contribution in [0.1, 0.15) is 32.3 Å². The second-order valence-electron chi connectivity index (χ2n) is 4.42. The molecule has 1 rings (SSSR count). The minimum atomic E-state index is -0.342. The Bertz CT molecular complexity index is 370. The standard InChI is InChI=1S/C13H18Cl2FN/c1-3-13(2,7-8-14)17-9-10-5-4-6-11(15)12(10)16/h4-6,17H,3,7-9H2,1-2H3. The summed E-state index contributed by atoms with van der Waals surface area (Å²) in [7, 11) is 0. The first-order valence-electron chi connectivity index (χ1n) is 5.76. The molecule has 1 atom stereocenters. The van der Waals surface area contributed by atoms with Crippen LogP contribution >= 0.6 is 23.2 Å². The lowest BCUT2D eigenvalue weighted by Gasteiger charge is -2.29. The van der Waals surface area contributed by atoms with E-state index in [0.717, 1.165) is 12.8 Å². The van der Waals surface area contributed by atoms with Gasteiger partial charge in [0.25, 0.3) is 0 Å².